The molecule has 7 rings (SSSR count). The molecule has 5 fully saturated rings. The highest BCUT2D eigenvalue weighted by molar-refractivity contribution is 5.96. The minimum atomic E-state index is -4.82. The van der Waals surface area contributed by atoms with Gasteiger partial charge in [-0.05, 0) is 43.9 Å². The minimum absolute atomic E-state index is 0.0147. The Balaban J connectivity index is 0.887. The molecule has 3 aliphatic heterocycles. The monoisotopic (exact) mass is 518 g/mol. The number of aromatic nitrogens is 3. The van der Waals surface area contributed by atoms with Crippen LogP contribution in [0, 0.1) is 16.6 Å². The number of urea groups is 1. The summed E-state index contributed by atoms with van der Waals surface area (Å²) in [5.41, 5.74) is -1.91. The Labute approximate surface area is 210 Å². The third kappa shape index (κ3) is 3.70. The first-order valence-corrected chi connectivity index (χ1v) is 12.6. The SMILES string of the molecule is O=C(c1ccc(F)cc1C(F)(F)F)N1CC2(C1)CN(C(=O)N1CC3(CC(n4cnc(C5CC5)n4)C3)C1)C2. The van der Waals surface area contributed by atoms with Crippen molar-refractivity contribution >= 4 is 11.9 Å². The van der Waals surface area contributed by atoms with Gasteiger partial charge in [0, 0.05) is 56.0 Å². The van der Waals surface area contributed by atoms with Gasteiger partial charge in [-0.15, -0.1) is 0 Å². The Morgan fingerprint density at radius 1 is 0.919 bits per heavy atom. The summed E-state index contributed by atoms with van der Waals surface area (Å²) >= 11 is 0. The van der Waals surface area contributed by atoms with Crippen molar-refractivity contribution in [1.82, 2.24) is 29.5 Å². The molecule has 5 aliphatic rings. The number of nitrogens with zero attached hydrogens (tertiary/aromatic N) is 6. The molecule has 1 aromatic carbocycles. The first-order valence-electron chi connectivity index (χ1n) is 12.6. The van der Waals surface area contributed by atoms with Gasteiger partial charge in [0.15, 0.2) is 5.82 Å². The van der Waals surface area contributed by atoms with Crippen LogP contribution in [0.3, 0.4) is 0 Å². The summed E-state index contributed by atoms with van der Waals surface area (Å²) in [5.74, 6) is -0.312. The third-order valence-electron chi connectivity index (χ3n) is 8.68. The number of carbonyl (C=O) groups excluding carboxylic acids is 2. The van der Waals surface area contributed by atoms with Crippen LogP contribution in [0.5, 0.6) is 0 Å². The number of hydrogen-bond acceptors (Lipinski definition) is 4. The normalized spacial score (nSPS) is 23.9. The van der Waals surface area contributed by atoms with Gasteiger partial charge in [-0.1, -0.05) is 0 Å². The molecular formula is C25H26F4N6O2. The van der Waals surface area contributed by atoms with Crippen LogP contribution >= 0.6 is 0 Å². The molecule has 1 aromatic heterocycles. The number of likely N-dealkylation sites (tertiary alicyclic amines) is 3. The summed E-state index contributed by atoms with van der Waals surface area (Å²) in [4.78, 5) is 35.0. The van der Waals surface area contributed by atoms with E-state index in [1.165, 1.54) is 17.7 Å². The van der Waals surface area contributed by atoms with Crippen molar-refractivity contribution in [3.8, 4) is 0 Å². The fraction of sp³-hybridized carbons (Fsp3) is 0.600. The number of rotatable bonds is 3. The van der Waals surface area contributed by atoms with Gasteiger partial charge in [-0.25, -0.2) is 18.9 Å². The van der Waals surface area contributed by atoms with Crippen LogP contribution in [0.25, 0.3) is 0 Å². The van der Waals surface area contributed by atoms with Crippen LogP contribution in [0.4, 0.5) is 22.4 Å². The van der Waals surface area contributed by atoms with Crippen LogP contribution < -0.4 is 0 Å². The molecule has 0 atom stereocenters. The number of halogens is 4. The van der Waals surface area contributed by atoms with E-state index in [-0.39, 0.29) is 30.0 Å². The number of amides is 3. The van der Waals surface area contributed by atoms with E-state index in [1.807, 2.05) is 15.9 Å². The van der Waals surface area contributed by atoms with E-state index in [1.54, 1.807) is 4.90 Å². The Morgan fingerprint density at radius 3 is 2.16 bits per heavy atom. The molecule has 37 heavy (non-hydrogen) atoms. The van der Waals surface area contributed by atoms with Crippen molar-refractivity contribution in [2.45, 2.75) is 43.8 Å². The predicted octanol–water partition coefficient (Wildman–Crippen LogP) is 3.53. The quantitative estimate of drug-likeness (QED) is 0.583. The van der Waals surface area contributed by atoms with Crippen LogP contribution in [0.1, 0.15) is 59.4 Å². The van der Waals surface area contributed by atoms with Crippen LogP contribution in [0.15, 0.2) is 24.5 Å². The van der Waals surface area contributed by atoms with E-state index in [4.69, 9.17) is 0 Å². The van der Waals surface area contributed by atoms with Gasteiger partial charge in [-0.3, -0.25) is 4.79 Å². The smallest absolute Gasteiger partial charge is 0.337 e. The first kappa shape index (κ1) is 23.0. The second-order valence-corrected chi connectivity index (χ2v) is 11.8. The molecule has 3 amide bonds. The average Bonchev–Trinajstić information content (AvgIpc) is 3.47. The summed E-state index contributed by atoms with van der Waals surface area (Å²) in [5, 5.41) is 4.63. The molecule has 12 heteroatoms. The van der Waals surface area contributed by atoms with Gasteiger partial charge in [0.2, 0.25) is 0 Å². The second-order valence-electron chi connectivity index (χ2n) is 11.8. The lowest BCUT2D eigenvalue weighted by Gasteiger charge is -2.63. The zero-order valence-electron chi connectivity index (χ0n) is 20.0. The molecule has 0 bridgehead atoms. The van der Waals surface area contributed by atoms with Crippen molar-refractivity contribution in [1.29, 1.82) is 0 Å². The number of benzene rings is 1. The van der Waals surface area contributed by atoms with E-state index in [0.717, 1.165) is 43.9 Å². The van der Waals surface area contributed by atoms with Gasteiger partial charge in [0.1, 0.15) is 12.1 Å². The summed E-state index contributed by atoms with van der Waals surface area (Å²) < 4.78 is 55.2. The molecule has 0 N–H and O–H groups in total. The molecule has 2 aliphatic carbocycles. The molecule has 2 spiro atoms. The lowest BCUT2D eigenvalue weighted by molar-refractivity contribution is -0.138. The van der Waals surface area contributed by atoms with Crippen molar-refractivity contribution in [3.63, 3.8) is 0 Å². The van der Waals surface area contributed by atoms with Crippen LogP contribution in [0.2, 0.25) is 0 Å². The first-order chi connectivity index (χ1) is 17.5. The summed E-state index contributed by atoms with van der Waals surface area (Å²) in [6.07, 6.45) is 1.35. The average molecular weight is 519 g/mol. The largest absolute Gasteiger partial charge is 0.417 e. The molecule has 2 saturated carbocycles. The number of alkyl halides is 3. The van der Waals surface area contributed by atoms with Gasteiger partial charge < -0.3 is 14.7 Å². The van der Waals surface area contributed by atoms with E-state index in [0.29, 0.717) is 31.1 Å². The Bertz CT molecular complexity index is 1280. The Kier molecular flexibility index (Phi) is 4.62. The van der Waals surface area contributed by atoms with Crippen molar-refractivity contribution in [2.75, 3.05) is 39.3 Å². The molecule has 196 valence electrons. The summed E-state index contributed by atoms with van der Waals surface area (Å²) in [6, 6.07) is 2.44. The molecule has 8 nitrogen and oxygen atoms in total. The number of carbonyl (C=O) groups is 2. The molecule has 0 radical (unpaired) electrons. The lowest BCUT2D eigenvalue weighted by atomic mass is 9.60. The maximum Gasteiger partial charge on any atom is 0.417 e. The Hall–Kier alpha value is -3.18. The zero-order chi connectivity index (χ0) is 25.7. The number of hydrogen-bond donors (Lipinski definition) is 0. The molecule has 3 saturated heterocycles. The van der Waals surface area contributed by atoms with E-state index in [2.05, 4.69) is 10.1 Å². The van der Waals surface area contributed by atoms with Crippen molar-refractivity contribution in [2.24, 2.45) is 10.8 Å². The third-order valence-corrected chi connectivity index (χ3v) is 8.68. The second kappa shape index (κ2) is 7.44. The summed E-state index contributed by atoms with van der Waals surface area (Å²) in [6.45, 7) is 3.00. The van der Waals surface area contributed by atoms with Crippen molar-refractivity contribution in [3.05, 3.63) is 47.3 Å². The highest BCUT2D eigenvalue weighted by Gasteiger charge is 2.59. The fourth-order valence-electron chi connectivity index (χ4n) is 6.59. The van der Waals surface area contributed by atoms with Crippen LogP contribution in [-0.2, 0) is 6.18 Å². The maximum atomic E-state index is 13.4. The van der Waals surface area contributed by atoms with Gasteiger partial charge in [0.25, 0.3) is 5.91 Å². The molecular weight excluding hydrogens is 492 g/mol. The van der Waals surface area contributed by atoms with Gasteiger partial charge >= 0.3 is 12.2 Å². The lowest BCUT2D eigenvalue weighted by Crippen LogP contribution is -2.76. The standard InChI is InChI=1S/C25H26F4N6O2/c26-16-3-4-18(19(5-16)25(27,28)29)21(36)32-10-24(11-32)12-34(13-24)22(37)33-8-23(9-33)6-17(7-23)35-14-30-20(31-35)15-1-2-15/h3-5,14-15,17H,1-2,6-13H2. The van der Waals surface area contributed by atoms with E-state index >= 15 is 0 Å². The topological polar surface area (TPSA) is 74.6 Å². The molecule has 0 unspecified atom stereocenters. The fourth-order valence-corrected chi connectivity index (χ4v) is 6.59. The Morgan fingerprint density at radius 2 is 1.54 bits per heavy atom. The highest BCUT2D eigenvalue weighted by Crippen LogP contribution is 2.54. The maximum absolute atomic E-state index is 13.4. The minimum Gasteiger partial charge on any atom is -0.337 e. The van der Waals surface area contributed by atoms with E-state index < -0.39 is 29.0 Å². The van der Waals surface area contributed by atoms with Crippen LogP contribution in [-0.4, -0.2) is 80.7 Å². The molecule has 2 aromatic rings. The van der Waals surface area contributed by atoms with E-state index in [9.17, 15) is 27.2 Å². The van der Waals surface area contributed by atoms with Crippen molar-refractivity contribution < 1.29 is 27.2 Å². The van der Waals surface area contributed by atoms with Gasteiger partial charge in [-0.2, -0.15) is 18.3 Å². The predicted molar refractivity (Wildman–Crippen MR) is 121 cm³/mol. The summed E-state index contributed by atoms with van der Waals surface area (Å²) in [7, 11) is 0. The zero-order valence-corrected chi connectivity index (χ0v) is 20.0. The highest BCUT2D eigenvalue weighted by atomic mass is 19.4. The molecule has 4 heterocycles. The van der Waals surface area contributed by atoms with Gasteiger partial charge in [0.05, 0.1) is 17.2 Å².